The Labute approximate surface area is 113 Å². The van der Waals surface area contributed by atoms with Crippen LogP contribution in [0.15, 0.2) is 40.8 Å². The van der Waals surface area contributed by atoms with E-state index in [9.17, 15) is 9.18 Å². The van der Waals surface area contributed by atoms with Crippen molar-refractivity contribution in [2.75, 3.05) is 0 Å². The van der Waals surface area contributed by atoms with E-state index in [1.54, 1.807) is 17.0 Å². The Morgan fingerprint density at radius 3 is 3.00 bits per heavy atom. The highest BCUT2D eigenvalue weighted by Gasteiger charge is 2.07. The van der Waals surface area contributed by atoms with Gasteiger partial charge in [0.15, 0.2) is 0 Å². The lowest BCUT2D eigenvalue weighted by Crippen LogP contribution is -2.20. The number of fused-ring (bicyclic) bond motifs is 1. The molecule has 0 atom stereocenters. The van der Waals surface area contributed by atoms with Gasteiger partial charge >= 0.3 is 0 Å². The van der Waals surface area contributed by atoms with Gasteiger partial charge in [-0.15, -0.1) is 11.3 Å². The van der Waals surface area contributed by atoms with Crippen LogP contribution >= 0.6 is 11.3 Å². The molecule has 0 saturated heterocycles. The summed E-state index contributed by atoms with van der Waals surface area (Å²) in [5.74, 6) is -0.263. The van der Waals surface area contributed by atoms with Crippen LogP contribution in [0.5, 0.6) is 0 Å². The van der Waals surface area contributed by atoms with Crippen molar-refractivity contribution >= 4 is 21.6 Å². The summed E-state index contributed by atoms with van der Waals surface area (Å²) in [5.41, 5.74) is 2.42. The molecule has 0 aliphatic heterocycles. The molecule has 0 amide bonds. The Balaban J connectivity index is 2.05. The largest absolute Gasteiger partial charge is 0.294 e. The topological polar surface area (TPSA) is 34.9 Å². The lowest BCUT2D eigenvalue weighted by Gasteiger charge is -2.08. The number of thiophene rings is 1. The fourth-order valence-electron chi connectivity index (χ4n) is 2.01. The molecule has 0 fully saturated rings. The second-order valence-corrected chi connectivity index (χ2v) is 5.30. The van der Waals surface area contributed by atoms with E-state index < -0.39 is 0 Å². The van der Waals surface area contributed by atoms with Crippen LogP contribution in [0.3, 0.4) is 0 Å². The van der Waals surface area contributed by atoms with Crippen LogP contribution in [-0.4, -0.2) is 9.55 Å². The second-order valence-electron chi connectivity index (χ2n) is 4.38. The molecule has 19 heavy (non-hydrogen) atoms. The molecule has 0 saturated carbocycles. The third kappa shape index (κ3) is 2.17. The van der Waals surface area contributed by atoms with Gasteiger partial charge in [0.05, 0.1) is 18.4 Å². The highest BCUT2D eigenvalue weighted by atomic mass is 32.1. The molecule has 0 radical (unpaired) electrons. The van der Waals surface area contributed by atoms with Crippen LogP contribution in [0.2, 0.25) is 0 Å². The Hall–Kier alpha value is -2.01. The molecular weight excluding hydrogens is 263 g/mol. The number of halogens is 1. The van der Waals surface area contributed by atoms with Crippen molar-refractivity contribution in [3.63, 3.8) is 0 Å². The first kappa shape index (κ1) is 12.0. The maximum Gasteiger partial charge on any atom is 0.271 e. The van der Waals surface area contributed by atoms with Crippen molar-refractivity contribution in [3.05, 3.63) is 63.3 Å². The van der Waals surface area contributed by atoms with Gasteiger partial charge in [-0.05, 0) is 41.6 Å². The molecule has 3 nitrogen and oxygen atoms in total. The average Bonchev–Trinajstić information content (AvgIpc) is 2.85. The zero-order chi connectivity index (χ0) is 13.4. The van der Waals surface area contributed by atoms with Crippen LogP contribution in [0.4, 0.5) is 4.39 Å². The standard InChI is InChI=1S/C14H11FN2OS/c1-9-6-11(15)3-2-10(9)7-17-8-16-12-4-5-19-13(12)14(17)18/h2-6,8H,7H2,1H3. The summed E-state index contributed by atoms with van der Waals surface area (Å²) in [5, 5.41) is 1.85. The molecule has 1 aromatic carbocycles. The number of hydrogen-bond donors (Lipinski definition) is 0. The van der Waals surface area contributed by atoms with Crippen LogP contribution in [0.25, 0.3) is 10.2 Å². The molecule has 0 spiro atoms. The highest BCUT2D eigenvalue weighted by molar-refractivity contribution is 7.17. The van der Waals surface area contributed by atoms with E-state index in [0.29, 0.717) is 11.2 Å². The Morgan fingerprint density at radius 2 is 2.21 bits per heavy atom. The molecule has 3 aromatic rings. The van der Waals surface area contributed by atoms with E-state index >= 15 is 0 Å². The van der Waals surface area contributed by atoms with E-state index in [0.717, 1.165) is 16.6 Å². The maximum absolute atomic E-state index is 13.1. The van der Waals surface area contributed by atoms with Crippen LogP contribution < -0.4 is 5.56 Å². The van der Waals surface area contributed by atoms with Crippen molar-refractivity contribution in [1.82, 2.24) is 9.55 Å². The van der Waals surface area contributed by atoms with Crippen LogP contribution in [0, 0.1) is 12.7 Å². The van der Waals surface area contributed by atoms with Gasteiger partial charge in [-0.2, -0.15) is 0 Å². The van der Waals surface area contributed by atoms with Gasteiger partial charge in [0.2, 0.25) is 0 Å². The molecule has 0 N–H and O–H groups in total. The number of nitrogens with zero attached hydrogens (tertiary/aromatic N) is 2. The molecule has 0 bridgehead atoms. The number of aryl methyl sites for hydroxylation is 1. The summed E-state index contributed by atoms with van der Waals surface area (Å²) in [6.07, 6.45) is 1.54. The van der Waals surface area contributed by atoms with Crippen LogP contribution in [-0.2, 0) is 6.54 Å². The third-order valence-corrected chi connectivity index (χ3v) is 3.97. The summed E-state index contributed by atoms with van der Waals surface area (Å²) in [6.45, 7) is 2.24. The van der Waals surface area contributed by atoms with Gasteiger partial charge in [0.25, 0.3) is 5.56 Å². The van der Waals surface area contributed by atoms with Gasteiger partial charge in [-0.3, -0.25) is 9.36 Å². The van der Waals surface area contributed by atoms with Crippen molar-refractivity contribution in [2.24, 2.45) is 0 Å². The van der Waals surface area contributed by atoms with Crippen molar-refractivity contribution in [1.29, 1.82) is 0 Å². The minimum absolute atomic E-state index is 0.0521. The molecule has 2 heterocycles. The number of aromatic nitrogens is 2. The average molecular weight is 274 g/mol. The zero-order valence-electron chi connectivity index (χ0n) is 10.3. The first-order valence-electron chi connectivity index (χ1n) is 5.83. The van der Waals surface area contributed by atoms with Crippen LogP contribution in [0.1, 0.15) is 11.1 Å². The fourth-order valence-corrected chi connectivity index (χ4v) is 2.80. The molecular formula is C14H11FN2OS. The predicted octanol–water partition coefficient (Wildman–Crippen LogP) is 2.95. The first-order chi connectivity index (χ1) is 9.15. The van der Waals surface area contributed by atoms with E-state index in [1.165, 1.54) is 23.5 Å². The number of rotatable bonds is 2. The normalized spacial score (nSPS) is 11.1. The van der Waals surface area contributed by atoms with Crippen molar-refractivity contribution in [3.8, 4) is 0 Å². The molecule has 3 rings (SSSR count). The minimum Gasteiger partial charge on any atom is -0.294 e. The second kappa shape index (κ2) is 4.59. The maximum atomic E-state index is 13.1. The summed E-state index contributed by atoms with van der Waals surface area (Å²) in [6, 6.07) is 6.41. The van der Waals surface area contributed by atoms with Crippen molar-refractivity contribution in [2.45, 2.75) is 13.5 Å². The Morgan fingerprint density at radius 1 is 1.37 bits per heavy atom. The molecule has 2 aromatic heterocycles. The van der Waals surface area contributed by atoms with Gasteiger partial charge in [-0.1, -0.05) is 6.07 Å². The Kier molecular flexibility index (Phi) is 2.91. The van der Waals surface area contributed by atoms with E-state index in [2.05, 4.69) is 4.98 Å². The van der Waals surface area contributed by atoms with E-state index in [1.807, 2.05) is 18.4 Å². The van der Waals surface area contributed by atoms with E-state index in [4.69, 9.17) is 0 Å². The SMILES string of the molecule is Cc1cc(F)ccc1Cn1cnc2ccsc2c1=O. The lowest BCUT2D eigenvalue weighted by molar-refractivity contribution is 0.624. The fraction of sp³-hybridized carbons (Fsp3) is 0.143. The number of hydrogen-bond acceptors (Lipinski definition) is 3. The summed E-state index contributed by atoms with van der Waals surface area (Å²) in [4.78, 5) is 16.5. The Bertz CT molecular complexity index is 807. The van der Waals surface area contributed by atoms with Crippen molar-refractivity contribution < 1.29 is 4.39 Å². The predicted molar refractivity (Wildman–Crippen MR) is 74.1 cm³/mol. The molecule has 0 aliphatic carbocycles. The summed E-state index contributed by atoms with van der Waals surface area (Å²) in [7, 11) is 0. The molecule has 0 unspecified atom stereocenters. The molecule has 96 valence electrons. The lowest BCUT2D eigenvalue weighted by atomic mass is 10.1. The van der Waals surface area contributed by atoms with Gasteiger partial charge in [0, 0.05) is 0 Å². The molecule has 5 heteroatoms. The quantitative estimate of drug-likeness (QED) is 0.720. The number of benzene rings is 1. The smallest absolute Gasteiger partial charge is 0.271 e. The van der Waals surface area contributed by atoms with Gasteiger partial charge in [-0.25, -0.2) is 9.37 Å². The monoisotopic (exact) mass is 274 g/mol. The van der Waals surface area contributed by atoms with E-state index in [-0.39, 0.29) is 11.4 Å². The van der Waals surface area contributed by atoms with Gasteiger partial charge in [0.1, 0.15) is 10.5 Å². The highest BCUT2D eigenvalue weighted by Crippen LogP contribution is 2.15. The summed E-state index contributed by atoms with van der Waals surface area (Å²) >= 11 is 1.39. The first-order valence-corrected chi connectivity index (χ1v) is 6.71. The minimum atomic E-state index is -0.263. The zero-order valence-corrected chi connectivity index (χ0v) is 11.1. The molecule has 0 aliphatic rings. The summed E-state index contributed by atoms with van der Waals surface area (Å²) < 4.78 is 15.3. The third-order valence-electron chi connectivity index (χ3n) is 3.08. The van der Waals surface area contributed by atoms with Gasteiger partial charge < -0.3 is 0 Å².